The molecular weight excluding hydrogens is 294 g/mol. The molecule has 112 valence electrons. The maximum atomic E-state index is 12.2. The molecule has 1 aliphatic rings. The minimum absolute atomic E-state index is 0.250. The first-order valence-electron chi connectivity index (χ1n) is 7.06. The first kappa shape index (κ1) is 15.7. The van der Waals surface area contributed by atoms with Crippen molar-refractivity contribution >= 4 is 29.3 Å². The topological polar surface area (TPSA) is 38.1 Å². The summed E-state index contributed by atoms with van der Waals surface area (Å²) in [7, 11) is 1.84. The van der Waals surface area contributed by atoms with Crippen LogP contribution >= 0.6 is 23.4 Å². The van der Waals surface area contributed by atoms with Crippen LogP contribution in [0.3, 0.4) is 0 Å². The molecule has 2 heterocycles. The Hall–Kier alpha value is -0.680. The molecule has 0 N–H and O–H groups in total. The van der Waals surface area contributed by atoms with E-state index in [1.807, 2.05) is 18.9 Å². The van der Waals surface area contributed by atoms with Gasteiger partial charge >= 0.3 is 0 Å². The fraction of sp³-hybridized carbons (Fsp3) is 0.714. The summed E-state index contributed by atoms with van der Waals surface area (Å²) in [6.45, 7) is 5.01. The van der Waals surface area contributed by atoms with Gasteiger partial charge in [0.05, 0.1) is 11.4 Å². The Balaban J connectivity index is 1.85. The molecule has 0 bridgehead atoms. The van der Waals surface area contributed by atoms with E-state index in [0.717, 1.165) is 36.4 Å². The molecule has 0 spiro atoms. The zero-order valence-electron chi connectivity index (χ0n) is 12.4. The third-order valence-electron chi connectivity index (χ3n) is 3.87. The lowest BCUT2D eigenvalue weighted by Gasteiger charge is -2.33. The summed E-state index contributed by atoms with van der Waals surface area (Å²) in [5, 5.41) is 4.96. The van der Waals surface area contributed by atoms with Crippen LogP contribution in [-0.2, 0) is 17.6 Å². The number of likely N-dealkylation sites (tertiary alicyclic amines) is 1. The average molecular weight is 316 g/mol. The predicted octanol–water partition coefficient (Wildman–Crippen LogP) is 3.02. The lowest BCUT2D eigenvalue weighted by atomic mass is 10.0. The molecule has 0 aliphatic carbocycles. The number of aryl methyl sites for hydroxylation is 2. The summed E-state index contributed by atoms with van der Waals surface area (Å²) in [5.41, 5.74) is 1.99. The Bertz CT molecular complexity index is 489. The van der Waals surface area contributed by atoms with Crippen molar-refractivity contribution in [1.82, 2.24) is 14.7 Å². The molecule has 1 amide bonds. The number of amides is 1. The molecule has 1 aliphatic heterocycles. The maximum Gasteiger partial charge on any atom is 0.232 e. The van der Waals surface area contributed by atoms with Crippen LogP contribution in [0.1, 0.15) is 37.4 Å². The number of carbonyl (C=O) groups excluding carboxylic acids is 1. The fourth-order valence-corrected chi connectivity index (χ4v) is 3.94. The number of thioether (sulfide) groups is 1. The number of rotatable bonds is 4. The summed E-state index contributed by atoms with van der Waals surface area (Å²) >= 11 is 7.82. The van der Waals surface area contributed by atoms with Crippen LogP contribution in [-0.4, -0.2) is 38.9 Å². The molecule has 1 fully saturated rings. The van der Waals surface area contributed by atoms with E-state index in [2.05, 4.69) is 12.0 Å². The molecule has 20 heavy (non-hydrogen) atoms. The van der Waals surface area contributed by atoms with Crippen molar-refractivity contribution in [3.63, 3.8) is 0 Å². The van der Waals surface area contributed by atoms with E-state index < -0.39 is 0 Å². The van der Waals surface area contributed by atoms with Gasteiger partial charge in [0, 0.05) is 31.0 Å². The van der Waals surface area contributed by atoms with Crippen LogP contribution in [0.15, 0.2) is 0 Å². The Morgan fingerprint density at radius 1 is 1.50 bits per heavy atom. The van der Waals surface area contributed by atoms with Crippen molar-refractivity contribution in [2.75, 3.05) is 12.3 Å². The van der Waals surface area contributed by atoms with E-state index >= 15 is 0 Å². The summed E-state index contributed by atoms with van der Waals surface area (Å²) in [6.07, 6.45) is 3.50. The second-order valence-electron chi connectivity index (χ2n) is 5.40. The second kappa shape index (κ2) is 6.85. The Labute approximate surface area is 129 Å². The highest BCUT2D eigenvalue weighted by molar-refractivity contribution is 7.99. The third kappa shape index (κ3) is 3.50. The lowest BCUT2D eigenvalue weighted by molar-refractivity contribution is -0.131. The highest BCUT2D eigenvalue weighted by Crippen LogP contribution is 2.24. The van der Waals surface area contributed by atoms with Crippen LogP contribution < -0.4 is 0 Å². The molecule has 6 heteroatoms. The molecule has 0 aromatic carbocycles. The minimum Gasteiger partial charge on any atom is -0.339 e. The lowest BCUT2D eigenvalue weighted by Crippen LogP contribution is -2.42. The van der Waals surface area contributed by atoms with Crippen molar-refractivity contribution < 1.29 is 4.79 Å². The van der Waals surface area contributed by atoms with Gasteiger partial charge in [-0.15, -0.1) is 11.8 Å². The van der Waals surface area contributed by atoms with Crippen molar-refractivity contribution in [2.24, 2.45) is 7.05 Å². The maximum absolute atomic E-state index is 12.2. The van der Waals surface area contributed by atoms with Crippen LogP contribution in [0, 0.1) is 6.92 Å². The highest BCUT2D eigenvalue weighted by Gasteiger charge is 2.23. The molecule has 1 aromatic rings. The van der Waals surface area contributed by atoms with E-state index in [4.69, 9.17) is 11.6 Å². The largest absolute Gasteiger partial charge is 0.339 e. The summed E-state index contributed by atoms with van der Waals surface area (Å²) in [6, 6.07) is 0.389. The number of hydrogen-bond donors (Lipinski definition) is 0. The first-order chi connectivity index (χ1) is 9.50. The smallest absolute Gasteiger partial charge is 0.232 e. The van der Waals surface area contributed by atoms with Crippen LogP contribution in [0.2, 0.25) is 5.15 Å². The summed E-state index contributed by atoms with van der Waals surface area (Å²) < 4.78 is 1.68. The van der Waals surface area contributed by atoms with Gasteiger partial charge in [-0.05, 0) is 33.1 Å². The molecule has 4 nitrogen and oxygen atoms in total. The molecule has 1 saturated heterocycles. The van der Waals surface area contributed by atoms with Gasteiger partial charge in [0.1, 0.15) is 5.15 Å². The summed E-state index contributed by atoms with van der Waals surface area (Å²) in [5.74, 6) is 1.52. The SMILES string of the molecule is Cc1nn(C)c(Cl)c1CSCC(=O)N1CCCC[C@@H]1C. The Morgan fingerprint density at radius 3 is 2.85 bits per heavy atom. The fourth-order valence-electron chi connectivity index (χ4n) is 2.63. The van der Waals surface area contributed by atoms with Gasteiger partial charge in [-0.1, -0.05) is 11.6 Å². The van der Waals surface area contributed by atoms with Gasteiger partial charge in [-0.2, -0.15) is 5.10 Å². The Morgan fingerprint density at radius 2 is 2.25 bits per heavy atom. The van der Waals surface area contributed by atoms with Gasteiger partial charge in [0.25, 0.3) is 0 Å². The van der Waals surface area contributed by atoms with Gasteiger partial charge in [0.15, 0.2) is 0 Å². The highest BCUT2D eigenvalue weighted by atomic mass is 35.5. The van der Waals surface area contributed by atoms with Crippen LogP contribution in [0.4, 0.5) is 0 Å². The second-order valence-corrected chi connectivity index (χ2v) is 6.75. The van der Waals surface area contributed by atoms with Crippen molar-refractivity contribution in [1.29, 1.82) is 0 Å². The average Bonchev–Trinajstić information content (AvgIpc) is 2.65. The van der Waals surface area contributed by atoms with Crippen molar-refractivity contribution in [3.05, 3.63) is 16.4 Å². The molecule has 0 radical (unpaired) electrons. The number of aromatic nitrogens is 2. The minimum atomic E-state index is 0.250. The standard InChI is InChI=1S/C14H22ClN3OS/c1-10-6-4-5-7-18(10)13(19)9-20-8-12-11(2)16-17(3)14(12)15/h10H,4-9H2,1-3H3/t10-/m0/s1. The van der Waals surface area contributed by atoms with Gasteiger partial charge in [-0.3, -0.25) is 9.48 Å². The third-order valence-corrected chi connectivity index (χ3v) is 5.28. The number of halogens is 1. The first-order valence-corrected chi connectivity index (χ1v) is 8.59. The Kier molecular flexibility index (Phi) is 5.38. The molecule has 0 saturated carbocycles. The predicted molar refractivity (Wildman–Crippen MR) is 84.1 cm³/mol. The van der Waals surface area contributed by atoms with Crippen molar-refractivity contribution in [2.45, 2.75) is 44.9 Å². The van der Waals surface area contributed by atoms with Crippen molar-refractivity contribution in [3.8, 4) is 0 Å². The van der Waals surface area contributed by atoms with Gasteiger partial charge in [-0.25, -0.2) is 0 Å². The number of piperidine rings is 1. The van der Waals surface area contributed by atoms with Crippen LogP contribution in [0.25, 0.3) is 0 Å². The number of hydrogen-bond acceptors (Lipinski definition) is 3. The monoisotopic (exact) mass is 315 g/mol. The van der Waals surface area contributed by atoms with E-state index in [1.54, 1.807) is 16.4 Å². The molecule has 2 rings (SSSR count). The van der Waals surface area contributed by atoms with E-state index in [-0.39, 0.29) is 5.91 Å². The quantitative estimate of drug-likeness (QED) is 0.857. The normalized spacial score (nSPS) is 19.4. The number of nitrogens with zero attached hydrogens (tertiary/aromatic N) is 3. The molecular formula is C14H22ClN3OS. The summed E-state index contributed by atoms with van der Waals surface area (Å²) in [4.78, 5) is 14.2. The van der Waals surface area contributed by atoms with Crippen LogP contribution in [0.5, 0.6) is 0 Å². The molecule has 1 atom stereocenters. The van der Waals surface area contributed by atoms with E-state index in [0.29, 0.717) is 16.9 Å². The number of carbonyl (C=O) groups is 1. The van der Waals surface area contributed by atoms with Gasteiger partial charge in [0.2, 0.25) is 5.91 Å². The van der Waals surface area contributed by atoms with E-state index in [1.165, 1.54) is 6.42 Å². The molecule has 0 unspecified atom stereocenters. The van der Waals surface area contributed by atoms with E-state index in [9.17, 15) is 4.79 Å². The molecule has 1 aromatic heterocycles. The zero-order chi connectivity index (χ0) is 14.7. The van der Waals surface area contributed by atoms with Gasteiger partial charge < -0.3 is 4.90 Å². The zero-order valence-corrected chi connectivity index (χ0v) is 13.9.